The van der Waals surface area contributed by atoms with E-state index in [2.05, 4.69) is 0 Å². The summed E-state index contributed by atoms with van der Waals surface area (Å²) in [5, 5.41) is 0. The van der Waals surface area contributed by atoms with Gasteiger partial charge in [-0.3, -0.25) is 4.57 Å². The van der Waals surface area contributed by atoms with Crippen molar-refractivity contribution < 1.29 is 18.3 Å². The lowest BCUT2D eigenvalue weighted by Crippen LogP contribution is -2.02. The van der Waals surface area contributed by atoms with Gasteiger partial charge >= 0.3 is 7.60 Å². The van der Waals surface area contributed by atoms with E-state index in [1.54, 1.807) is 7.11 Å². The van der Waals surface area contributed by atoms with Crippen LogP contribution in [0.4, 0.5) is 0 Å². The van der Waals surface area contributed by atoms with Crippen LogP contribution >= 0.6 is 7.60 Å². The Morgan fingerprint density at radius 1 is 1.16 bits per heavy atom. The molecular formula is C14H21O4P. The molecule has 1 aliphatic rings. The highest BCUT2D eigenvalue weighted by Gasteiger charge is 2.53. The van der Waals surface area contributed by atoms with Crippen LogP contribution in [-0.2, 0) is 13.6 Å². The Morgan fingerprint density at radius 3 is 2.21 bits per heavy atom. The van der Waals surface area contributed by atoms with Gasteiger partial charge in [0, 0.05) is 0 Å². The van der Waals surface area contributed by atoms with E-state index >= 15 is 0 Å². The van der Waals surface area contributed by atoms with Crippen LogP contribution in [0, 0.1) is 0 Å². The molecule has 0 bridgehead atoms. The minimum atomic E-state index is -2.95. The standard InChI is InChI=1S/C14H21O4P/c1-4-17-19(15,18-5-2)14-10-13(14)11-6-8-12(16-3)9-7-11/h6-9,13-14H,4-5,10H2,1-3H3. The highest BCUT2D eigenvalue weighted by molar-refractivity contribution is 7.55. The number of rotatable bonds is 7. The van der Waals surface area contributed by atoms with Gasteiger partial charge in [-0.15, -0.1) is 0 Å². The summed E-state index contributed by atoms with van der Waals surface area (Å²) in [4.78, 5) is 0. The fourth-order valence-corrected chi connectivity index (χ4v) is 4.60. The van der Waals surface area contributed by atoms with E-state index in [0.717, 1.165) is 12.2 Å². The zero-order valence-electron chi connectivity index (χ0n) is 11.7. The maximum Gasteiger partial charge on any atom is 0.334 e. The number of ether oxygens (including phenoxy) is 1. The van der Waals surface area contributed by atoms with Gasteiger partial charge in [-0.05, 0) is 43.9 Å². The molecule has 0 aromatic heterocycles. The van der Waals surface area contributed by atoms with E-state index in [0.29, 0.717) is 13.2 Å². The second-order valence-corrected chi connectivity index (χ2v) is 6.82. The van der Waals surface area contributed by atoms with Crippen molar-refractivity contribution in [1.82, 2.24) is 0 Å². The zero-order chi connectivity index (χ0) is 13.9. The van der Waals surface area contributed by atoms with Gasteiger partial charge in [0.25, 0.3) is 0 Å². The van der Waals surface area contributed by atoms with Crippen molar-refractivity contribution in [2.45, 2.75) is 31.8 Å². The molecule has 4 nitrogen and oxygen atoms in total. The van der Waals surface area contributed by atoms with Crippen molar-refractivity contribution in [3.63, 3.8) is 0 Å². The van der Waals surface area contributed by atoms with E-state index in [1.165, 1.54) is 5.56 Å². The highest BCUT2D eigenvalue weighted by atomic mass is 31.2. The van der Waals surface area contributed by atoms with E-state index in [-0.39, 0.29) is 11.6 Å². The SMILES string of the molecule is CCOP(=O)(OCC)C1CC1c1ccc(OC)cc1. The summed E-state index contributed by atoms with van der Waals surface area (Å²) in [7, 11) is -1.31. The predicted molar refractivity (Wildman–Crippen MR) is 75.0 cm³/mol. The third kappa shape index (κ3) is 3.19. The topological polar surface area (TPSA) is 44.8 Å². The Hall–Kier alpha value is -0.830. The van der Waals surface area contributed by atoms with Crippen molar-refractivity contribution in [2.75, 3.05) is 20.3 Å². The molecule has 1 aromatic rings. The van der Waals surface area contributed by atoms with Gasteiger partial charge in [0.05, 0.1) is 26.0 Å². The second-order valence-electron chi connectivity index (χ2n) is 4.56. The molecular weight excluding hydrogens is 263 g/mol. The maximum absolute atomic E-state index is 12.6. The molecule has 1 fully saturated rings. The first-order valence-electron chi connectivity index (χ1n) is 6.67. The summed E-state index contributed by atoms with van der Waals surface area (Å²) in [6.07, 6.45) is 0.865. The maximum atomic E-state index is 12.6. The minimum Gasteiger partial charge on any atom is -0.497 e. The molecule has 0 aliphatic heterocycles. The van der Waals surface area contributed by atoms with Gasteiger partial charge in [0.1, 0.15) is 5.75 Å². The summed E-state index contributed by atoms with van der Waals surface area (Å²) < 4.78 is 28.5. The molecule has 0 amide bonds. The lowest BCUT2D eigenvalue weighted by atomic mass is 10.1. The molecule has 1 aromatic carbocycles. The van der Waals surface area contributed by atoms with Crippen LogP contribution in [0.1, 0.15) is 31.7 Å². The van der Waals surface area contributed by atoms with Crippen LogP contribution in [0.5, 0.6) is 5.75 Å². The number of hydrogen-bond acceptors (Lipinski definition) is 4. The molecule has 0 spiro atoms. The molecule has 106 valence electrons. The largest absolute Gasteiger partial charge is 0.497 e. The molecule has 2 rings (SSSR count). The van der Waals surface area contributed by atoms with E-state index < -0.39 is 7.60 Å². The number of benzene rings is 1. The Balaban J connectivity index is 2.07. The smallest absolute Gasteiger partial charge is 0.334 e. The molecule has 5 heteroatoms. The quantitative estimate of drug-likeness (QED) is 0.714. The number of methoxy groups -OCH3 is 1. The van der Waals surface area contributed by atoms with Crippen LogP contribution in [0.15, 0.2) is 24.3 Å². The van der Waals surface area contributed by atoms with Gasteiger partial charge in [-0.2, -0.15) is 0 Å². The lowest BCUT2D eigenvalue weighted by Gasteiger charge is -2.17. The number of hydrogen-bond donors (Lipinski definition) is 0. The molecule has 19 heavy (non-hydrogen) atoms. The van der Waals surface area contributed by atoms with Gasteiger partial charge in [-0.1, -0.05) is 12.1 Å². The zero-order valence-corrected chi connectivity index (χ0v) is 12.6. The van der Waals surface area contributed by atoms with E-state index in [9.17, 15) is 4.57 Å². The Kier molecular flexibility index (Phi) is 4.67. The normalized spacial score (nSPS) is 22.3. The van der Waals surface area contributed by atoms with Gasteiger partial charge in [0.2, 0.25) is 0 Å². The van der Waals surface area contributed by atoms with Gasteiger partial charge < -0.3 is 13.8 Å². The Morgan fingerprint density at radius 2 is 1.74 bits per heavy atom. The first-order chi connectivity index (χ1) is 9.14. The molecule has 1 aliphatic carbocycles. The van der Waals surface area contributed by atoms with Crippen LogP contribution in [0.25, 0.3) is 0 Å². The molecule has 0 heterocycles. The summed E-state index contributed by atoms with van der Waals surface area (Å²) in [5.74, 6) is 1.11. The Bertz CT molecular complexity index is 447. The molecule has 2 unspecified atom stereocenters. The van der Waals surface area contributed by atoms with Crippen LogP contribution in [0.3, 0.4) is 0 Å². The molecule has 0 radical (unpaired) electrons. The third-order valence-corrected chi connectivity index (χ3v) is 5.94. The van der Waals surface area contributed by atoms with Crippen LogP contribution < -0.4 is 4.74 Å². The Labute approximate surface area is 114 Å². The molecule has 0 saturated heterocycles. The van der Waals surface area contributed by atoms with Crippen molar-refractivity contribution in [1.29, 1.82) is 0 Å². The van der Waals surface area contributed by atoms with Crippen LogP contribution in [0.2, 0.25) is 0 Å². The highest BCUT2D eigenvalue weighted by Crippen LogP contribution is 2.68. The fraction of sp³-hybridized carbons (Fsp3) is 0.571. The van der Waals surface area contributed by atoms with E-state index in [4.69, 9.17) is 13.8 Å². The average molecular weight is 284 g/mol. The molecule has 0 N–H and O–H groups in total. The van der Waals surface area contributed by atoms with Gasteiger partial charge in [0.15, 0.2) is 0 Å². The predicted octanol–water partition coefficient (Wildman–Crippen LogP) is 3.82. The summed E-state index contributed by atoms with van der Waals surface area (Å²) in [5.41, 5.74) is 1.17. The van der Waals surface area contributed by atoms with Crippen molar-refractivity contribution >= 4 is 7.60 Å². The van der Waals surface area contributed by atoms with Crippen molar-refractivity contribution in [3.8, 4) is 5.75 Å². The first kappa shape index (κ1) is 14.6. The average Bonchev–Trinajstić information content (AvgIpc) is 3.20. The molecule has 1 saturated carbocycles. The third-order valence-electron chi connectivity index (χ3n) is 3.32. The molecule has 2 atom stereocenters. The summed E-state index contributed by atoms with van der Waals surface area (Å²) >= 11 is 0. The van der Waals surface area contributed by atoms with Crippen molar-refractivity contribution in [3.05, 3.63) is 29.8 Å². The summed E-state index contributed by atoms with van der Waals surface area (Å²) in [6, 6.07) is 7.89. The lowest BCUT2D eigenvalue weighted by molar-refractivity contribution is 0.218. The second kappa shape index (κ2) is 6.08. The fourth-order valence-electron chi connectivity index (χ4n) is 2.33. The monoisotopic (exact) mass is 284 g/mol. The first-order valence-corrected chi connectivity index (χ1v) is 8.28. The van der Waals surface area contributed by atoms with E-state index in [1.807, 2.05) is 38.1 Å². The summed E-state index contributed by atoms with van der Waals surface area (Å²) in [6.45, 7) is 4.53. The minimum absolute atomic E-state index is 0.000736. The van der Waals surface area contributed by atoms with Crippen LogP contribution in [-0.4, -0.2) is 26.0 Å². The van der Waals surface area contributed by atoms with Gasteiger partial charge in [-0.25, -0.2) is 0 Å². The van der Waals surface area contributed by atoms with Crippen molar-refractivity contribution in [2.24, 2.45) is 0 Å².